The molecule has 1 aliphatic heterocycles. The van der Waals surface area contributed by atoms with Gasteiger partial charge in [0, 0.05) is 0 Å². The molecule has 0 saturated carbocycles. The lowest BCUT2D eigenvalue weighted by Crippen LogP contribution is -2.04. The summed E-state index contributed by atoms with van der Waals surface area (Å²) in [6.45, 7) is 1.34. The van der Waals surface area contributed by atoms with E-state index >= 15 is 0 Å². The SMILES string of the molecule is COc1ccc(OC)c(C2=NCCO2)c1. The van der Waals surface area contributed by atoms with Gasteiger partial charge in [-0.25, -0.2) is 4.99 Å². The molecule has 0 fully saturated rings. The van der Waals surface area contributed by atoms with E-state index in [1.54, 1.807) is 14.2 Å². The molecule has 4 nitrogen and oxygen atoms in total. The molecule has 0 atom stereocenters. The second kappa shape index (κ2) is 4.21. The number of nitrogens with zero attached hydrogens (tertiary/aromatic N) is 1. The fraction of sp³-hybridized carbons (Fsp3) is 0.364. The molecule has 0 saturated heterocycles. The van der Waals surface area contributed by atoms with E-state index in [9.17, 15) is 0 Å². The second-order valence-corrected chi connectivity index (χ2v) is 3.10. The van der Waals surface area contributed by atoms with Crippen molar-refractivity contribution in [2.75, 3.05) is 27.4 Å². The minimum atomic E-state index is 0.630. The van der Waals surface area contributed by atoms with Gasteiger partial charge in [0.05, 0.1) is 26.3 Å². The summed E-state index contributed by atoms with van der Waals surface area (Å²) in [4.78, 5) is 4.25. The molecule has 0 aromatic heterocycles. The van der Waals surface area contributed by atoms with Gasteiger partial charge in [0.2, 0.25) is 5.90 Å². The fourth-order valence-corrected chi connectivity index (χ4v) is 1.48. The molecule has 15 heavy (non-hydrogen) atoms. The number of hydrogen-bond donors (Lipinski definition) is 0. The van der Waals surface area contributed by atoms with Crippen molar-refractivity contribution >= 4 is 5.90 Å². The number of rotatable bonds is 3. The van der Waals surface area contributed by atoms with E-state index in [4.69, 9.17) is 14.2 Å². The highest BCUT2D eigenvalue weighted by Gasteiger charge is 2.16. The van der Waals surface area contributed by atoms with E-state index in [0.29, 0.717) is 19.0 Å². The summed E-state index contributed by atoms with van der Waals surface area (Å²) in [5, 5.41) is 0. The van der Waals surface area contributed by atoms with E-state index in [2.05, 4.69) is 4.99 Å². The Balaban J connectivity index is 2.41. The van der Waals surface area contributed by atoms with Crippen molar-refractivity contribution in [3.8, 4) is 11.5 Å². The van der Waals surface area contributed by atoms with E-state index in [0.717, 1.165) is 17.1 Å². The Bertz CT molecular complexity index is 387. The summed E-state index contributed by atoms with van der Waals surface area (Å²) in [5.74, 6) is 2.14. The molecule has 1 aromatic rings. The third-order valence-corrected chi connectivity index (χ3v) is 2.22. The standard InChI is InChI=1S/C11H13NO3/c1-13-8-3-4-10(14-2)9(7-8)11-12-5-6-15-11/h3-4,7H,5-6H2,1-2H3. The van der Waals surface area contributed by atoms with Crippen LogP contribution >= 0.6 is 0 Å². The summed E-state index contributed by atoms with van der Waals surface area (Å²) < 4.78 is 15.8. The highest BCUT2D eigenvalue weighted by Crippen LogP contribution is 2.25. The van der Waals surface area contributed by atoms with Crippen molar-refractivity contribution < 1.29 is 14.2 Å². The van der Waals surface area contributed by atoms with Crippen molar-refractivity contribution in [1.29, 1.82) is 0 Å². The van der Waals surface area contributed by atoms with Crippen molar-refractivity contribution in [2.45, 2.75) is 0 Å². The van der Waals surface area contributed by atoms with Gasteiger partial charge < -0.3 is 14.2 Å². The predicted octanol–water partition coefficient (Wildman–Crippen LogP) is 1.48. The van der Waals surface area contributed by atoms with Gasteiger partial charge in [-0.15, -0.1) is 0 Å². The average molecular weight is 207 g/mol. The van der Waals surface area contributed by atoms with Gasteiger partial charge in [0.1, 0.15) is 18.1 Å². The number of aliphatic imine (C=N–C) groups is 1. The van der Waals surface area contributed by atoms with Gasteiger partial charge >= 0.3 is 0 Å². The Labute approximate surface area is 88.5 Å². The summed E-state index contributed by atoms with van der Waals surface area (Å²) in [6.07, 6.45) is 0. The van der Waals surface area contributed by atoms with E-state index in [1.807, 2.05) is 18.2 Å². The number of hydrogen-bond acceptors (Lipinski definition) is 4. The van der Waals surface area contributed by atoms with Gasteiger partial charge in [-0.1, -0.05) is 0 Å². The molecule has 0 aliphatic carbocycles. The Hall–Kier alpha value is -1.71. The molecule has 0 radical (unpaired) electrons. The van der Waals surface area contributed by atoms with Gasteiger partial charge in [0.15, 0.2) is 0 Å². The molecule has 1 aliphatic rings. The first-order valence-corrected chi connectivity index (χ1v) is 4.75. The molecule has 4 heteroatoms. The third-order valence-electron chi connectivity index (χ3n) is 2.22. The first kappa shape index (κ1) is 9.83. The summed E-state index contributed by atoms with van der Waals surface area (Å²) >= 11 is 0. The number of benzene rings is 1. The lowest BCUT2D eigenvalue weighted by atomic mass is 10.2. The van der Waals surface area contributed by atoms with Crippen LogP contribution in [0.4, 0.5) is 0 Å². The normalized spacial score (nSPS) is 14.4. The van der Waals surface area contributed by atoms with E-state index < -0.39 is 0 Å². The maximum atomic E-state index is 5.40. The van der Waals surface area contributed by atoms with Gasteiger partial charge in [-0.05, 0) is 18.2 Å². The zero-order chi connectivity index (χ0) is 10.7. The molecule has 0 N–H and O–H groups in total. The molecular weight excluding hydrogens is 194 g/mol. The predicted molar refractivity (Wildman–Crippen MR) is 56.9 cm³/mol. The summed E-state index contributed by atoms with van der Waals surface area (Å²) in [5.41, 5.74) is 0.842. The van der Waals surface area contributed by atoms with Gasteiger partial charge in [0.25, 0.3) is 0 Å². The van der Waals surface area contributed by atoms with Crippen LogP contribution in [0.2, 0.25) is 0 Å². The van der Waals surface area contributed by atoms with Crippen molar-refractivity contribution in [3.05, 3.63) is 23.8 Å². The van der Waals surface area contributed by atoms with Crippen LogP contribution in [0.25, 0.3) is 0 Å². The molecule has 1 aromatic carbocycles. The maximum Gasteiger partial charge on any atom is 0.220 e. The first-order chi connectivity index (χ1) is 7.35. The third kappa shape index (κ3) is 1.88. The quantitative estimate of drug-likeness (QED) is 0.753. The lowest BCUT2D eigenvalue weighted by Gasteiger charge is -2.09. The summed E-state index contributed by atoms with van der Waals surface area (Å²) in [7, 11) is 3.25. The smallest absolute Gasteiger partial charge is 0.220 e. The highest BCUT2D eigenvalue weighted by molar-refractivity contribution is 5.98. The van der Waals surface area contributed by atoms with Crippen LogP contribution in [-0.4, -0.2) is 33.3 Å². The van der Waals surface area contributed by atoms with Crippen LogP contribution in [0, 0.1) is 0 Å². The van der Waals surface area contributed by atoms with Crippen LogP contribution in [0.5, 0.6) is 11.5 Å². The zero-order valence-corrected chi connectivity index (χ0v) is 8.82. The molecule has 0 bridgehead atoms. The minimum absolute atomic E-state index is 0.630. The topological polar surface area (TPSA) is 40.0 Å². The molecule has 80 valence electrons. The summed E-state index contributed by atoms with van der Waals surface area (Å²) in [6, 6.07) is 5.55. The van der Waals surface area contributed by atoms with Crippen molar-refractivity contribution in [2.24, 2.45) is 4.99 Å². The van der Waals surface area contributed by atoms with Crippen molar-refractivity contribution in [1.82, 2.24) is 0 Å². The second-order valence-electron chi connectivity index (χ2n) is 3.10. The fourth-order valence-electron chi connectivity index (χ4n) is 1.48. The Kier molecular flexibility index (Phi) is 2.76. The Morgan fingerprint density at radius 3 is 2.73 bits per heavy atom. The lowest BCUT2D eigenvalue weighted by molar-refractivity contribution is 0.344. The van der Waals surface area contributed by atoms with Crippen LogP contribution in [0.15, 0.2) is 23.2 Å². The Morgan fingerprint density at radius 2 is 2.13 bits per heavy atom. The maximum absolute atomic E-state index is 5.40. The van der Waals surface area contributed by atoms with Gasteiger partial charge in [-0.2, -0.15) is 0 Å². The molecule has 0 amide bonds. The minimum Gasteiger partial charge on any atom is -0.497 e. The molecule has 2 rings (SSSR count). The molecule has 1 heterocycles. The monoisotopic (exact) mass is 207 g/mol. The van der Waals surface area contributed by atoms with Crippen molar-refractivity contribution in [3.63, 3.8) is 0 Å². The van der Waals surface area contributed by atoms with E-state index in [1.165, 1.54) is 0 Å². The molecular formula is C11H13NO3. The van der Waals surface area contributed by atoms with Gasteiger partial charge in [-0.3, -0.25) is 0 Å². The Morgan fingerprint density at radius 1 is 1.27 bits per heavy atom. The van der Waals surface area contributed by atoms with E-state index in [-0.39, 0.29) is 0 Å². The zero-order valence-electron chi connectivity index (χ0n) is 8.82. The van der Waals surface area contributed by atoms with Crippen LogP contribution in [0.3, 0.4) is 0 Å². The van der Waals surface area contributed by atoms with Crippen LogP contribution in [-0.2, 0) is 4.74 Å². The van der Waals surface area contributed by atoms with Crippen LogP contribution in [0.1, 0.15) is 5.56 Å². The average Bonchev–Trinajstić information content (AvgIpc) is 2.81. The number of ether oxygens (including phenoxy) is 3. The molecule has 0 unspecified atom stereocenters. The molecule has 0 spiro atoms. The first-order valence-electron chi connectivity index (χ1n) is 4.75. The highest BCUT2D eigenvalue weighted by atomic mass is 16.5. The number of methoxy groups -OCH3 is 2. The largest absolute Gasteiger partial charge is 0.497 e. The van der Waals surface area contributed by atoms with Crippen LogP contribution < -0.4 is 9.47 Å².